The number of rotatable bonds is 5. The Labute approximate surface area is 117 Å². The molecule has 0 heterocycles. The molecule has 0 aliphatic carbocycles. The third-order valence-electron chi connectivity index (χ3n) is 2.85. The zero-order valence-electron chi connectivity index (χ0n) is 11.3. The van der Waals surface area contributed by atoms with Crippen LogP contribution in [0.15, 0.2) is 54.6 Å². The van der Waals surface area contributed by atoms with Crippen LogP contribution in [-0.4, -0.2) is 24.5 Å². The van der Waals surface area contributed by atoms with E-state index in [0.717, 1.165) is 5.56 Å². The van der Waals surface area contributed by atoms with Gasteiger partial charge in [0, 0.05) is 19.7 Å². The van der Waals surface area contributed by atoms with E-state index in [1.807, 2.05) is 30.3 Å². The number of benzene rings is 2. The number of likely N-dealkylation sites (N-methyl/N-ethyl adjacent to an activating group) is 1. The monoisotopic (exact) mass is 273 g/mol. The standard InChI is InChI=1S/C16H16FNO2/c1-18(11-13-6-3-2-4-7-13)16(19)12-20-15-9-5-8-14(17)10-15/h2-10H,11-12H2,1H3. The van der Waals surface area contributed by atoms with Crippen molar-refractivity contribution in [2.75, 3.05) is 13.7 Å². The Balaban J connectivity index is 1.85. The molecule has 0 aliphatic rings. The van der Waals surface area contributed by atoms with Crippen LogP contribution in [0.25, 0.3) is 0 Å². The first-order chi connectivity index (χ1) is 9.65. The van der Waals surface area contributed by atoms with Gasteiger partial charge in [0.15, 0.2) is 6.61 Å². The van der Waals surface area contributed by atoms with Gasteiger partial charge in [-0.1, -0.05) is 36.4 Å². The largest absolute Gasteiger partial charge is 0.484 e. The van der Waals surface area contributed by atoms with Crippen LogP contribution in [0.5, 0.6) is 5.75 Å². The first kappa shape index (κ1) is 14.1. The van der Waals surface area contributed by atoms with Gasteiger partial charge in [-0.3, -0.25) is 4.79 Å². The quantitative estimate of drug-likeness (QED) is 0.838. The molecule has 0 atom stereocenters. The van der Waals surface area contributed by atoms with Crippen molar-refractivity contribution in [1.29, 1.82) is 0 Å². The number of nitrogens with zero attached hydrogens (tertiary/aromatic N) is 1. The highest BCUT2D eigenvalue weighted by Crippen LogP contribution is 2.12. The maximum absolute atomic E-state index is 13.0. The molecule has 2 aromatic carbocycles. The molecule has 4 heteroatoms. The van der Waals surface area contributed by atoms with E-state index in [4.69, 9.17) is 4.74 Å². The molecule has 0 saturated carbocycles. The Hall–Kier alpha value is -2.36. The van der Waals surface area contributed by atoms with E-state index in [2.05, 4.69) is 0 Å². The summed E-state index contributed by atoms with van der Waals surface area (Å²) in [6.45, 7) is 0.416. The van der Waals surface area contributed by atoms with Crippen LogP contribution in [-0.2, 0) is 11.3 Å². The summed E-state index contributed by atoms with van der Waals surface area (Å²) in [6, 6.07) is 15.4. The van der Waals surface area contributed by atoms with Gasteiger partial charge in [-0.25, -0.2) is 4.39 Å². The van der Waals surface area contributed by atoms with Crippen LogP contribution in [0.3, 0.4) is 0 Å². The molecule has 0 N–H and O–H groups in total. The van der Waals surface area contributed by atoms with Gasteiger partial charge in [0.1, 0.15) is 11.6 Å². The second-order valence-electron chi connectivity index (χ2n) is 4.48. The van der Waals surface area contributed by atoms with Gasteiger partial charge in [-0.05, 0) is 17.7 Å². The first-order valence-corrected chi connectivity index (χ1v) is 6.31. The highest BCUT2D eigenvalue weighted by molar-refractivity contribution is 5.77. The lowest BCUT2D eigenvalue weighted by Crippen LogP contribution is -2.30. The number of ether oxygens (including phenoxy) is 1. The molecule has 0 aliphatic heterocycles. The molecule has 0 saturated heterocycles. The van der Waals surface area contributed by atoms with Crippen molar-refractivity contribution >= 4 is 5.91 Å². The second kappa shape index (κ2) is 6.70. The van der Waals surface area contributed by atoms with E-state index in [1.165, 1.54) is 12.1 Å². The lowest BCUT2D eigenvalue weighted by atomic mass is 10.2. The predicted molar refractivity (Wildman–Crippen MR) is 74.8 cm³/mol. The van der Waals surface area contributed by atoms with Crippen molar-refractivity contribution in [3.8, 4) is 5.75 Å². The third kappa shape index (κ3) is 4.09. The summed E-state index contributed by atoms with van der Waals surface area (Å²) < 4.78 is 18.2. The molecule has 0 fully saturated rings. The topological polar surface area (TPSA) is 29.5 Å². The number of amides is 1. The van der Waals surface area contributed by atoms with E-state index in [0.29, 0.717) is 12.3 Å². The first-order valence-electron chi connectivity index (χ1n) is 6.31. The molecule has 0 aromatic heterocycles. The summed E-state index contributed by atoms with van der Waals surface area (Å²) in [6.07, 6.45) is 0. The molecule has 2 rings (SSSR count). The predicted octanol–water partition coefficient (Wildman–Crippen LogP) is 2.86. The van der Waals surface area contributed by atoms with E-state index in [-0.39, 0.29) is 18.3 Å². The van der Waals surface area contributed by atoms with Gasteiger partial charge < -0.3 is 9.64 Å². The second-order valence-corrected chi connectivity index (χ2v) is 4.48. The summed E-state index contributed by atoms with van der Waals surface area (Å²) >= 11 is 0. The molecular weight excluding hydrogens is 257 g/mol. The Kier molecular flexibility index (Phi) is 4.71. The number of halogens is 1. The van der Waals surface area contributed by atoms with E-state index in [9.17, 15) is 9.18 Å². The van der Waals surface area contributed by atoms with Gasteiger partial charge in [0.25, 0.3) is 5.91 Å². The number of carbonyl (C=O) groups excluding carboxylic acids is 1. The summed E-state index contributed by atoms with van der Waals surface area (Å²) in [5.74, 6) is -0.183. The molecule has 2 aromatic rings. The summed E-state index contributed by atoms with van der Waals surface area (Å²) in [5.41, 5.74) is 1.05. The fraction of sp³-hybridized carbons (Fsp3) is 0.188. The van der Waals surface area contributed by atoms with Gasteiger partial charge in [0.05, 0.1) is 0 Å². The average molecular weight is 273 g/mol. The minimum atomic E-state index is -0.382. The molecule has 1 amide bonds. The maximum atomic E-state index is 13.0. The van der Waals surface area contributed by atoms with Crippen LogP contribution in [0.1, 0.15) is 5.56 Å². The number of hydrogen-bond acceptors (Lipinski definition) is 2. The Bertz CT molecular complexity index is 572. The fourth-order valence-electron chi connectivity index (χ4n) is 1.76. The average Bonchev–Trinajstić information content (AvgIpc) is 2.46. The van der Waals surface area contributed by atoms with Gasteiger partial charge >= 0.3 is 0 Å². The SMILES string of the molecule is CN(Cc1ccccc1)C(=O)COc1cccc(F)c1. The van der Waals surface area contributed by atoms with Crippen molar-refractivity contribution in [1.82, 2.24) is 4.90 Å². The van der Waals surface area contributed by atoms with E-state index < -0.39 is 0 Å². The summed E-state index contributed by atoms with van der Waals surface area (Å²) in [5, 5.41) is 0. The van der Waals surface area contributed by atoms with Crippen molar-refractivity contribution in [3.63, 3.8) is 0 Å². The lowest BCUT2D eigenvalue weighted by molar-refractivity contribution is -0.132. The van der Waals surface area contributed by atoms with Crippen LogP contribution >= 0.6 is 0 Å². The van der Waals surface area contributed by atoms with Crippen LogP contribution in [0, 0.1) is 5.82 Å². The Morgan fingerprint density at radius 2 is 1.90 bits per heavy atom. The van der Waals surface area contributed by atoms with Crippen molar-refractivity contribution in [2.45, 2.75) is 6.54 Å². The van der Waals surface area contributed by atoms with Crippen LogP contribution in [0.2, 0.25) is 0 Å². The van der Waals surface area contributed by atoms with E-state index in [1.54, 1.807) is 24.1 Å². The van der Waals surface area contributed by atoms with Crippen LogP contribution < -0.4 is 4.74 Å². The summed E-state index contributed by atoms with van der Waals surface area (Å²) in [7, 11) is 1.71. The highest BCUT2D eigenvalue weighted by Gasteiger charge is 2.10. The molecule has 0 radical (unpaired) electrons. The van der Waals surface area contributed by atoms with Gasteiger partial charge in [-0.2, -0.15) is 0 Å². The molecule has 3 nitrogen and oxygen atoms in total. The molecule has 0 spiro atoms. The maximum Gasteiger partial charge on any atom is 0.260 e. The molecule has 0 bridgehead atoms. The van der Waals surface area contributed by atoms with Crippen molar-refractivity contribution < 1.29 is 13.9 Å². The zero-order valence-corrected chi connectivity index (χ0v) is 11.3. The minimum Gasteiger partial charge on any atom is -0.484 e. The fourth-order valence-corrected chi connectivity index (χ4v) is 1.76. The minimum absolute atomic E-state index is 0.104. The number of hydrogen-bond donors (Lipinski definition) is 0. The Morgan fingerprint density at radius 3 is 2.60 bits per heavy atom. The molecular formula is C16H16FNO2. The van der Waals surface area contributed by atoms with Gasteiger partial charge in [0.2, 0.25) is 0 Å². The molecule has 20 heavy (non-hydrogen) atoms. The van der Waals surface area contributed by atoms with Crippen molar-refractivity contribution in [2.24, 2.45) is 0 Å². The molecule has 0 unspecified atom stereocenters. The zero-order chi connectivity index (χ0) is 14.4. The molecule has 104 valence electrons. The van der Waals surface area contributed by atoms with Crippen molar-refractivity contribution in [3.05, 3.63) is 66.0 Å². The van der Waals surface area contributed by atoms with Gasteiger partial charge in [-0.15, -0.1) is 0 Å². The van der Waals surface area contributed by atoms with E-state index >= 15 is 0 Å². The Morgan fingerprint density at radius 1 is 1.15 bits per heavy atom. The van der Waals surface area contributed by atoms with Crippen LogP contribution in [0.4, 0.5) is 4.39 Å². The third-order valence-corrected chi connectivity index (χ3v) is 2.85. The normalized spacial score (nSPS) is 10.1. The highest BCUT2D eigenvalue weighted by atomic mass is 19.1. The smallest absolute Gasteiger partial charge is 0.260 e. The lowest BCUT2D eigenvalue weighted by Gasteiger charge is -2.17. The summed E-state index contributed by atoms with van der Waals surface area (Å²) in [4.78, 5) is 13.5. The number of carbonyl (C=O) groups is 1.